The quantitative estimate of drug-likeness (QED) is 0.723. The van der Waals surface area contributed by atoms with E-state index in [2.05, 4.69) is 9.97 Å². The van der Waals surface area contributed by atoms with Crippen LogP contribution in [0.3, 0.4) is 0 Å². The van der Waals surface area contributed by atoms with Crippen LogP contribution in [0.4, 0.5) is 0 Å². The van der Waals surface area contributed by atoms with Crippen LogP contribution in [0.2, 0.25) is 0 Å². The molecule has 0 aromatic carbocycles. The molecule has 1 unspecified atom stereocenters. The van der Waals surface area contributed by atoms with Crippen LogP contribution < -0.4 is 5.56 Å². The minimum Gasteiger partial charge on any atom is -0.336 e. The van der Waals surface area contributed by atoms with E-state index in [0.717, 1.165) is 67.1 Å². The first kappa shape index (κ1) is 16.5. The van der Waals surface area contributed by atoms with Crippen molar-refractivity contribution in [2.75, 3.05) is 13.1 Å². The van der Waals surface area contributed by atoms with Crippen molar-refractivity contribution < 1.29 is 4.79 Å². The van der Waals surface area contributed by atoms with Crippen molar-refractivity contribution in [3.8, 4) is 0 Å². The number of thiazole rings is 1. The minimum atomic E-state index is -0.182. The molecular weight excluding hydrogens is 374 g/mol. The zero-order valence-electron chi connectivity index (χ0n) is 15.5. The Labute approximate surface area is 165 Å². The van der Waals surface area contributed by atoms with Crippen LogP contribution in [0.5, 0.6) is 0 Å². The van der Waals surface area contributed by atoms with Gasteiger partial charge in [-0.3, -0.25) is 14.0 Å². The number of aromatic amines is 1. The average molecular weight is 395 g/mol. The van der Waals surface area contributed by atoms with E-state index >= 15 is 0 Å². The molecule has 1 amide bonds. The highest BCUT2D eigenvalue weighted by molar-refractivity contribution is 7.15. The second-order valence-corrected chi connectivity index (χ2v) is 9.26. The maximum absolute atomic E-state index is 13.1. The van der Waals surface area contributed by atoms with E-state index in [9.17, 15) is 9.59 Å². The fourth-order valence-electron chi connectivity index (χ4n) is 4.91. The Bertz CT molecular complexity index is 1130. The summed E-state index contributed by atoms with van der Waals surface area (Å²) in [6.45, 7) is 1.37. The molecule has 7 nitrogen and oxygen atoms in total. The Balaban J connectivity index is 1.34. The molecule has 144 valence electrons. The van der Waals surface area contributed by atoms with Gasteiger partial charge in [0.05, 0.1) is 5.69 Å². The fourth-order valence-corrected chi connectivity index (χ4v) is 5.61. The molecule has 4 heterocycles. The first-order chi connectivity index (χ1) is 13.6. The molecule has 0 bridgehead atoms. The number of hydrogen-bond acceptors (Lipinski definition) is 5. The number of imidazole rings is 1. The monoisotopic (exact) mass is 395 g/mol. The molecule has 1 saturated carbocycles. The molecule has 2 aliphatic carbocycles. The molecule has 1 spiro atoms. The summed E-state index contributed by atoms with van der Waals surface area (Å²) >= 11 is 1.53. The average Bonchev–Trinajstić information content (AvgIpc) is 3.19. The first-order valence-electron chi connectivity index (χ1n) is 9.98. The zero-order valence-corrected chi connectivity index (χ0v) is 16.3. The van der Waals surface area contributed by atoms with E-state index in [0.29, 0.717) is 18.2 Å². The number of carbonyl (C=O) groups is 1. The van der Waals surface area contributed by atoms with Gasteiger partial charge in [-0.25, -0.2) is 9.97 Å². The molecule has 3 aliphatic rings. The van der Waals surface area contributed by atoms with E-state index in [1.807, 2.05) is 27.1 Å². The molecule has 2 fully saturated rings. The van der Waals surface area contributed by atoms with Crippen molar-refractivity contribution in [1.29, 1.82) is 0 Å². The van der Waals surface area contributed by atoms with Crippen LogP contribution in [0.1, 0.15) is 65.6 Å². The minimum absolute atomic E-state index is 0.0179. The van der Waals surface area contributed by atoms with Crippen LogP contribution in [-0.4, -0.2) is 43.2 Å². The number of carbonyl (C=O) groups excluding carboxylic acids is 1. The Hall–Kier alpha value is -2.48. The van der Waals surface area contributed by atoms with Crippen molar-refractivity contribution in [3.63, 3.8) is 0 Å². The topological polar surface area (TPSA) is 83.4 Å². The Morgan fingerprint density at radius 2 is 2.18 bits per heavy atom. The Morgan fingerprint density at radius 3 is 3.00 bits per heavy atom. The molecular formula is C20H21N5O2S. The van der Waals surface area contributed by atoms with Gasteiger partial charge in [-0.15, -0.1) is 11.3 Å². The lowest BCUT2D eigenvalue weighted by Crippen LogP contribution is -2.48. The number of H-pyrrole nitrogens is 1. The number of nitrogens with one attached hydrogen (secondary N) is 1. The number of likely N-dealkylation sites (tertiary alicyclic amines) is 1. The van der Waals surface area contributed by atoms with Gasteiger partial charge in [0.25, 0.3) is 11.5 Å². The van der Waals surface area contributed by atoms with E-state index in [1.54, 1.807) is 0 Å². The zero-order chi connectivity index (χ0) is 18.9. The predicted octanol–water partition coefficient (Wildman–Crippen LogP) is 2.48. The summed E-state index contributed by atoms with van der Waals surface area (Å²) in [6, 6.07) is 0. The summed E-state index contributed by atoms with van der Waals surface area (Å²) in [5.41, 5.74) is 2.14. The standard InChI is InChI=1S/C20H21N5O2S/c26-17-13-4-6-20(15(13)22-16(23-17)12-2-3-12)5-1-7-25(11-20)18(27)14-10-24-8-9-28-19(24)21-14/h8-10,12H,1-7,11H2,(H,22,23,26). The smallest absolute Gasteiger partial charge is 0.274 e. The third kappa shape index (κ3) is 2.40. The number of piperidine rings is 1. The van der Waals surface area contributed by atoms with Crippen molar-refractivity contribution >= 4 is 22.2 Å². The highest BCUT2D eigenvalue weighted by Gasteiger charge is 2.46. The first-order valence-corrected chi connectivity index (χ1v) is 10.9. The SMILES string of the molecule is O=C(c1cn2ccsc2n1)N1CCCC2(CCc3c2nc(C2CC2)[nH]c3=O)C1. The molecule has 3 aromatic heterocycles. The number of rotatable bonds is 2. The number of fused-ring (bicyclic) bond motifs is 3. The maximum Gasteiger partial charge on any atom is 0.274 e. The molecule has 6 rings (SSSR count). The highest BCUT2D eigenvalue weighted by atomic mass is 32.1. The van der Waals surface area contributed by atoms with Gasteiger partial charge >= 0.3 is 0 Å². The van der Waals surface area contributed by atoms with Gasteiger partial charge in [-0.2, -0.15) is 0 Å². The lowest BCUT2D eigenvalue weighted by Gasteiger charge is -2.40. The maximum atomic E-state index is 13.1. The number of amides is 1. The number of nitrogens with zero attached hydrogens (tertiary/aromatic N) is 4. The lowest BCUT2D eigenvalue weighted by molar-refractivity contribution is 0.0628. The molecule has 28 heavy (non-hydrogen) atoms. The van der Waals surface area contributed by atoms with E-state index in [1.165, 1.54) is 11.3 Å². The third-order valence-electron chi connectivity index (χ3n) is 6.53. The van der Waals surface area contributed by atoms with E-state index < -0.39 is 0 Å². The van der Waals surface area contributed by atoms with Gasteiger partial charge in [-0.05, 0) is 38.5 Å². The summed E-state index contributed by atoms with van der Waals surface area (Å²) in [5.74, 6) is 1.24. The molecule has 1 N–H and O–H groups in total. The number of hydrogen-bond donors (Lipinski definition) is 1. The number of aromatic nitrogens is 4. The van der Waals surface area contributed by atoms with Gasteiger partial charge < -0.3 is 9.88 Å². The molecule has 1 saturated heterocycles. The largest absolute Gasteiger partial charge is 0.336 e. The van der Waals surface area contributed by atoms with Gasteiger partial charge in [0.2, 0.25) is 0 Å². The second kappa shape index (κ2) is 5.76. The molecule has 3 aromatic rings. The fraction of sp³-hybridized carbons (Fsp3) is 0.500. The molecule has 8 heteroatoms. The molecule has 1 atom stereocenters. The van der Waals surface area contributed by atoms with Crippen LogP contribution in [-0.2, 0) is 11.8 Å². The van der Waals surface area contributed by atoms with Gasteiger partial charge in [-0.1, -0.05) is 0 Å². The van der Waals surface area contributed by atoms with Gasteiger partial charge in [0, 0.05) is 47.8 Å². The van der Waals surface area contributed by atoms with Crippen molar-refractivity contribution in [1.82, 2.24) is 24.3 Å². The predicted molar refractivity (Wildman–Crippen MR) is 105 cm³/mol. The van der Waals surface area contributed by atoms with Crippen molar-refractivity contribution in [2.24, 2.45) is 0 Å². The van der Waals surface area contributed by atoms with Crippen molar-refractivity contribution in [3.05, 3.63) is 50.9 Å². The summed E-state index contributed by atoms with van der Waals surface area (Å²) in [6.07, 6.45) is 9.52. The Morgan fingerprint density at radius 1 is 1.29 bits per heavy atom. The normalized spacial score (nSPS) is 24.2. The summed E-state index contributed by atoms with van der Waals surface area (Å²) < 4.78 is 1.89. The second-order valence-electron chi connectivity index (χ2n) is 8.38. The summed E-state index contributed by atoms with van der Waals surface area (Å²) in [4.78, 5) is 40.9. The van der Waals surface area contributed by atoms with Gasteiger partial charge in [0.15, 0.2) is 4.96 Å². The molecule has 0 radical (unpaired) electrons. The van der Waals surface area contributed by atoms with Crippen LogP contribution in [0.25, 0.3) is 4.96 Å². The third-order valence-corrected chi connectivity index (χ3v) is 7.30. The van der Waals surface area contributed by atoms with Crippen LogP contribution in [0, 0.1) is 0 Å². The van der Waals surface area contributed by atoms with E-state index in [4.69, 9.17) is 4.98 Å². The highest BCUT2D eigenvalue weighted by Crippen LogP contribution is 2.45. The lowest BCUT2D eigenvalue weighted by atomic mass is 9.77. The van der Waals surface area contributed by atoms with Gasteiger partial charge in [0.1, 0.15) is 11.5 Å². The molecule has 1 aliphatic heterocycles. The summed E-state index contributed by atoms with van der Waals surface area (Å²) in [5, 5.41) is 1.96. The van der Waals surface area contributed by atoms with Crippen LogP contribution >= 0.6 is 11.3 Å². The van der Waals surface area contributed by atoms with Crippen molar-refractivity contribution in [2.45, 2.75) is 49.9 Å². The summed E-state index contributed by atoms with van der Waals surface area (Å²) in [7, 11) is 0. The van der Waals surface area contributed by atoms with Crippen LogP contribution in [0.15, 0.2) is 22.6 Å². The Kier molecular flexibility index (Phi) is 3.39. The van der Waals surface area contributed by atoms with E-state index in [-0.39, 0.29) is 16.9 Å².